The van der Waals surface area contributed by atoms with Crippen LogP contribution in [0.4, 0.5) is 5.69 Å². The summed E-state index contributed by atoms with van der Waals surface area (Å²) in [6, 6.07) is 6.26. The summed E-state index contributed by atoms with van der Waals surface area (Å²) in [4.78, 5) is 37.4. The van der Waals surface area contributed by atoms with Crippen molar-refractivity contribution in [1.29, 1.82) is 0 Å². The lowest BCUT2D eigenvalue weighted by Crippen LogP contribution is -2.29. The second kappa shape index (κ2) is 6.36. The van der Waals surface area contributed by atoms with Gasteiger partial charge in [-0.25, -0.2) is 5.48 Å². The molecule has 0 unspecified atom stereocenters. The normalized spacial score (nSPS) is 9.61. The fourth-order valence-corrected chi connectivity index (χ4v) is 1.17. The Morgan fingerprint density at radius 3 is 2.67 bits per heavy atom. The van der Waals surface area contributed by atoms with E-state index >= 15 is 0 Å². The van der Waals surface area contributed by atoms with Gasteiger partial charge < -0.3 is 11.1 Å². The minimum Gasteiger partial charge on any atom is -0.368 e. The zero-order chi connectivity index (χ0) is 13.5. The van der Waals surface area contributed by atoms with Gasteiger partial charge in [0.1, 0.15) is 0 Å². The topological polar surface area (TPSA) is 111 Å². The molecule has 0 radical (unpaired) electrons. The van der Waals surface area contributed by atoms with Crippen LogP contribution >= 0.6 is 0 Å². The van der Waals surface area contributed by atoms with E-state index in [0.717, 1.165) is 0 Å². The van der Waals surface area contributed by atoms with Crippen molar-refractivity contribution in [2.24, 2.45) is 5.73 Å². The quantitative estimate of drug-likeness (QED) is 0.629. The molecule has 18 heavy (non-hydrogen) atoms. The van der Waals surface area contributed by atoms with E-state index in [9.17, 15) is 14.4 Å². The molecule has 0 heterocycles. The average molecular weight is 251 g/mol. The smallest absolute Gasteiger partial charge is 0.274 e. The van der Waals surface area contributed by atoms with Crippen LogP contribution in [0.2, 0.25) is 0 Å². The van der Waals surface area contributed by atoms with Gasteiger partial charge in [0.25, 0.3) is 5.91 Å². The highest BCUT2D eigenvalue weighted by Crippen LogP contribution is 2.10. The maximum Gasteiger partial charge on any atom is 0.274 e. The van der Waals surface area contributed by atoms with E-state index in [1.165, 1.54) is 19.1 Å². The number of hydrogen-bond donors (Lipinski definition) is 3. The largest absolute Gasteiger partial charge is 0.368 e. The molecule has 0 aliphatic rings. The Morgan fingerprint density at radius 1 is 1.33 bits per heavy atom. The zero-order valence-electron chi connectivity index (χ0n) is 9.73. The molecular formula is C11H13N3O4. The van der Waals surface area contributed by atoms with Crippen LogP contribution < -0.4 is 16.5 Å². The van der Waals surface area contributed by atoms with Crippen molar-refractivity contribution in [3.05, 3.63) is 29.8 Å². The Bertz CT molecular complexity index is 473. The van der Waals surface area contributed by atoms with Crippen LogP contribution in [0.15, 0.2) is 24.3 Å². The van der Waals surface area contributed by atoms with Crippen molar-refractivity contribution in [3.63, 3.8) is 0 Å². The van der Waals surface area contributed by atoms with Gasteiger partial charge in [0.05, 0.1) is 0 Å². The molecule has 4 N–H and O–H groups in total. The maximum atomic E-state index is 11.6. The Hall–Kier alpha value is -2.41. The fraction of sp³-hybridized carbons (Fsp3) is 0.182. The van der Waals surface area contributed by atoms with Gasteiger partial charge >= 0.3 is 0 Å². The van der Waals surface area contributed by atoms with Crippen molar-refractivity contribution in [2.45, 2.75) is 6.92 Å². The van der Waals surface area contributed by atoms with Crippen molar-refractivity contribution in [2.75, 3.05) is 11.9 Å². The van der Waals surface area contributed by atoms with Gasteiger partial charge in [0, 0.05) is 18.2 Å². The molecule has 0 spiro atoms. The van der Waals surface area contributed by atoms with Crippen molar-refractivity contribution < 1.29 is 19.2 Å². The van der Waals surface area contributed by atoms with E-state index in [2.05, 4.69) is 15.6 Å². The highest BCUT2D eigenvalue weighted by Gasteiger charge is 2.07. The molecule has 0 fully saturated rings. The molecule has 0 aliphatic heterocycles. The van der Waals surface area contributed by atoms with Crippen molar-refractivity contribution in [1.82, 2.24) is 5.48 Å². The van der Waals surface area contributed by atoms with Crippen molar-refractivity contribution in [3.8, 4) is 0 Å². The monoisotopic (exact) mass is 251 g/mol. The Labute approximate surface area is 103 Å². The Kier molecular flexibility index (Phi) is 4.82. The molecule has 0 aliphatic carbocycles. The third-order valence-electron chi connectivity index (χ3n) is 1.82. The first-order chi connectivity index (χ1) is 8.49. The van der Waals surface area contributed by atoms with Crippen LogP contribution in [0.3, 0.4) is 0 Å². The minimum atomic E-state index is -0.692. The number of nitrogens with one attached hydrogen (secondary N) is 2. The summed E-state index contributed by atoms with van der Waals surface area (Å²) >= 11 is 0. The number of hydroxylamine groups is 1. The second-order valence-electron chi connectivity index (χ2n) is 3.45. The van der Waals surface area contributed by atoms with E-state index in [-0.39, 0.29) is 11.5 Å². The highest BCUT2D eigenvalue weighted by molar-refractivity contribution is 5.96. The zero-order valence-corrected chi connectivity index (χ0v) is 9.73. The number of carbonyl (C=O) groups excluding carboxylic acids is 3. The first-order valence-electron chi connectivity index (χ1n) is 5.07. The summed E-state index contributed by atoms with van der Waals surface area (Å²) in [7, 11) is 0. The number of rotatable bonds is 5. The molecule has 0 bridgehead atoms. The molecule has 0 atom stereocenters. The van der Waals surface area contributed by atoms with E-state index in [4.69, 9.17) is 5.73 Å². The fourth-order valence-electron chi connectivity index (χ4n) is 1.17. The molecule has 0 saturated carbocycles. The summed E-state index contributed by atoms with van der Waals surface area (Å²) in [5.74, 6) is -1.47. The van der Waals surface area contributed by atoms with Crippen LogP contribution in [-0.4, -0.2) is 24.3 Å². The van der Waals surface area contributed by atoms with E-state index in [0.29, 0.717) is 5.69 Å². The third-order valence-corrected chi connectivity index (χ3v) is 1.82. The molecule has 0 saturated heterocycles. The molecule has 0 aromatic heterocycles. The van der Waals surface area contributed by atoms with E-state index in [1.54, 1.807) is 12.1 Å². The number of hydrogen-bond acceptors (Lipinski definition) is 4. The van der Waals surface area contributed by atoms with Gasteiger partial charge in [-0.15, -0.1) is 0 Å². The lowest BCUT2D eigenvalue weighted by molar-refractivity contribution is -0.124. The maximum absolute atomic E-state index is 11.6. The average Bonchev–Trinajstić information content (AvgIpc) is 2.27. The predicted molar refractivity (Wildman–Crippen MR) is 63.4 cm³/mol. The number of amides is 3. The molecule has 96 valence electrons. The van der Waals surface area contributed by atoms with Crippen molar-refractivity contribution >= 4 is 23.4 Å². The number of benzene rings is 1. The first-order valence-corrected chi connectivity index (χ1v) is 5.07. The third kappa shape index (κ3) is 4.62. The van der Waals surface area contributed by atoms with Crippen LogP contribution in [0.25, 0.3) is 0 Å². The predicted octanol–water partition coefficient (Wildman–Crippen LogP) is -0.208. The Morgan fingerprint density at radius 2 is 2.06 bits per heavy atom. The van der Waals surface area contributed by atoms with Gasteiger partial charge in [-0.1, -0.05) is 6.07 Å². The first kappa shape index (κ1) is 13.7. The lowest BCUT2D eigenvalue weighted by Gasteiger charge is -2.06. The summed E-state index contributed by atoms with van der Waals surface area (Å²) in [5.41, 5.74) is 7.67. The number of carbonyl (C=O) groups is 3. The number of nitrogens with two attached hydrogens (primary N) is 1. The summed E-state index contributed by atoms with van der Waals surface area (Å²) in [6.45, 7) is 0.958. The Balaban J connectivity index is 2.62. The molecule has 7 heteroatoms. The number of primary amides is 1. The minimum absolute atomic E-state index is 0.238. The van der Waals surface area contributed by atoms with Gasteiger partial charge in [0.15, 0.2) is 6.61 Å². The van der Waals surface area contributed by atoms with Crippen LogP contribution in [-0.2, 0) is 14.4 Å². The molecule has 1 aromatic rings. The second-order valence-corrected chi connectivity index (χ2v) is 3.45. The van der Waals surface area contributed by atoms with E-state index < -0.39 is 18.4 Å². The SMILES string of the molecule is CC(=O)Nc1cccc(C(=O)NOCC(N)=O)c1. The number of anilines is 1. The highest BCUT2D eigenvalue weighted by atomic mass is 16.7. The van der Waals surface area contributed by atoms with Gasteiger partial charge in [0.2, 0.25) is 11.8 Å². The molecule has 3 amide bonds. The van der Waals surface area contributed by atoms with Gasteiger partial charge in [-0.05, 0) is 18.2 Å². The molecule has 1 aromatic carbocycles. The molecular weight excluding hydrogens is 238 g/mol. The van der Waals surface area contributed by atoms with Crippen LogP contribution in [0, 0.1) is 0 Å². The molecule has 1 rings (SSSR count). The lowest BCUT2D eigenvalue weighted by atomic mass is 10.2. The van der Waals surface area contributed by atoms with Gasteiger partial charge in [-0.3, -0.25) is 19.2 Å². The molecule has 7 nitrogen and oxygen atoms in total. The van der Waals surface area contributed by atoms with E-state index in [1.807, 2.05) is 0 Å². The van der Waals surface area contributed by atoms with Crippen LogP contribution in [0.1, 0.15) is 17.3 Å². The summed E-state index contributed by atoms with van der Waals surface area (Å²) < 4.78 is 0. The van der Waals surface area contributed by atoms with Gasteiger partial charge in [-0.2, -0.15) is 0 Å². The van der Waals surface area contributed by atoms with Crippen LogP contribution in [0.5, 0.6) is 0 Å². The summed E-state index contributed by atoms with van der Waals surface area (Å²) in [6.07, 6.45) is 0. The summed E-state index contributed by atoms with van der Waals surface area (Å²) in [5, 5.41) is 2.54. The standard InChI is InChI=1S/C11H13N3O4/c1-7(15)13-9-4-2-3-8(5-9)11(17)14-18-6-10(12)16/h2-5H,6H2,1H3,(H2,12,16)(H,13,15)(H,14,17).